The van der Waals surface area contributed by atoms with E-state index in [1.807, 2.05) is 25.1 Å². The van der Waals surface area contributed by atoms with Gasteiger partial charge in [-0.1, -0.05) is 6.42 Å². The number of hydrogen-bond donors (Lipinski definition) is 0. The Morgan fingerprint density at radius 2 is 1.65 bits per heavy atom. The molecule has 0 N–H and O–H groups in total. The van der Waals surface area contributed by atoms with Crippen LogP contribution in [0.1, 0.15) is 276 Å². The zero-order valence-electron chi connectivity index (χ0n) is 27.3. The highest BCUT2D eigenvalue weighted by atomic mass is 32.1. The maximum absolute atomic E-state index is 6.80. The molecule has 0 bridgehead atoms. The zero-order chi connectivity index (χ0) is 30.9. The fourth-order valence-electron chi connectivity index (χ4n) is 6.82. The van der Waals surface area contributed by atoms with E-state index in [1.54, 1.807) is 18.4 Å². The highest BCUT2D eigenvalue weighted by molar-refractivity contribution is 7.22. The summed E-state index contributed by atoms with van der Waals surface area (Å²) >= 11 is 1.73. The largest absolute Gasteiger partial charge is 0.496 e. The summed E-state index contributed by atoms with van der Waals surface area (Å²) in [6, 6.07) is 17.6. The molecule has 1 aliphatic heterocycles. The van der Waals surface area contributed by atoms with Crippen molar-refractivity contribution in [2.45, 2.75) is 92.3 Å². The Morgan fingerprint density at radius 3 is 2.33 bits per heavy atom. The molecule has 0 amide bonds. The average Bonchev–Trinajstić information content (AvgIpc) is 3.28. The Morgan fingerprint density at radius 1 is 0.953 bits per heavy atom. The van der Waals surface area contributed by atoms with E-state index < -0.39 is 0 Å². The van der Waals surface area contributed by atoms with Crippen LogP contribution in [-0.4, -0.2) is 42.8 Å². The van der Waals surface area contributed by atoms with Gasteiger partial charge in [0.25, 0.3) is 0 Å². The first-order chi connectivity index (χ1) is 20.5. The molecule has 1 aliphatic rings. The van der Waals surface area contributed by atoms with E-state index >= 15 is 0 Å². The smallest absolute Gasteiger partial charge is 0.153 e. The number of nitrogens with zero attached hydrogens (tertiary/aromatic N) is 1. The Hall–Kier alpha value is -3.22. The topological polar surface area (TPSA) is 40.2 Å². The number of likely N-dealkylation sites (tertiary alicyclic amines) is 1. The van der Waals surface area contributed by atoms with E-state index in [9.17, 15) is 0 Å². The van der Waals surface area contributed by atoms with Crippen molar-refractivity contribution in [3.63, 3.8) is 0 Å². The second kappa shape index (κ2) is 12.8. The number of benzene rings is 3. The number of thiophene rings is 1. The lowest BCUT2D eigenvalue weighted by atomic mass is 9.85. The normalized spacial score (nSPS) is 17.6. The molecule has 6 heteroatoms. The highest BCUT2D eigenvalue weighted by Gasteiger charge is 2.37. The Labute approximate surface area is 475 Å². The summed E-state index contributed by atoms with van der Waals surface area (Å²) in [5.41, 5.74) is 4.59. The number of ether oxygens (including phenoxy) is 4. The van der Waals surface area contributed by atoms with E-state index in [-0.39, 0.29) is 211 Å². The summed E-state index contributed by atoms with van der Waals surface area (Å²) in [6.07, 6.45) is 3.78. The van der Waals surface area contributed by atoms with Crippen molar-refractivity contribution in [3.8, 4) is 39.2 Å². The molecule has 2 heterocycles. The molecule has 1 fully saturated rings. The monoisotopic (exact) mass is 892 g/mol. The highest BCUT2D eigenvalue weighted by Crippen LogP contribution is 2.49. The van der Waals surface area contributed by atoms with Crippen LogP contribution in [0.4, 0.5) is 0 Å². The summed E-state index contributed by atoms with van der Waals surface area (Å²) in [5, 5.41) is 1.08. The van der Waals surface area contributed by atoms with Crippen molar-refractivity contribution >= 4 is 21.4 Å². The summed E-state index contributed by atoms with van der Waals surface area (Å²) in [7, 11) is 1.72. The van der Waals surface area contributed by atoms with Gasteiger partial charge in [0.15, 0.2) is 5.75 Å². The van der Waals surface area contributed by atoms with E-state index in [2.05, 4.69) is 83.7 Å². The van der Waals surface area contributed by atoms with Crippen LogP contribution in [0.15, 0.2) is 48.5 Å². The molecule has 0 saturated carbocycles. The van der Waals surface area contributed by atoms with Crippen LogP contribution < -0.4 is 18.9 Å². The second-order valence-electron chi connectivity index (χ2n) is 12.6. The molecule has 2 atom stereocenters. The summed E-state index contributed by atoms with van der Waals surface area (Å²) in [6.45, 7) is 19.0. The van der Waals surface area contributed by atoms with E-state index in [0.717, 1.165) is 66.0 Å². The molecule has 5 rings (SSSR count). The van der Waals surface area contributed by atoms with Crippen LogP contribution in [-0.2, 0) is 0 Å². The van der Waals surface area contributed by atoms with Gasteiger partial charge >= 0.3 is 0 Å². The molecule has 0 aliphatic carbocycles. The van der Waals surface area contributed by atoms with Crippen LogP contribution >= 0.6 is 11.3 Å². The maximum atomic E-state index is 6.80. The van der Waals surface area contributed by atoms with Gasteiger partial charge in [0, 0.05) is 233 Å². The number of fused-ring (bicyclic) bond motifs is 1. The molecule has 4 aromatic rings. The molecule has 1 aromatic heterocycles. The molecule has 3 aromatic carbocycles. The molecule has 518 valence electrons. The van der Waals surface area contributed by atoms with Crippen molar-refractivity contribution in [2.75, 3.05) is 20.3 Å². The maximum Gasteiger partial charge on any atom is 0.153 e. The molecule has 43 heavy (non-hydrogen) atoms. The van der Waals surface area contributed by atoms with Gasteiger partial charge in [-0.05, 0) is 139 Å². The van der Waals surface area contributed by atoms with Crippen LogP contribution in [0, 0.1) is 20.8 Å². The fourth-order valence-corrected chi connectivity index (χ4v) is 8.05. The van der Waals surface area contributed by atoms with Crippen molar-refractivity contribution in [1.29, 1.82) is 0 Å². The van der Waals surface area contributed by atoms with Crippen molar-refractivity contribution in [2.24, 2.45) is 0 Å². The Kier molecular flexibility index (Phi) is 9.29. The molecular weight excluding hydrogens is 554 g/mol. The number of rotatable bonds is 10. The van der Waals surface area contributed by atoms with Gasteiger partial charge in [0.2, 0.25) is 0 Å². The third-order valence-corrected chi connectivity index (χ3v) is 9.99. The second-order valence-corrected chi connectivity index (χ2v) is 13.7. The molecule has 2 unspecified atom stereocenters. The van der Waals surface area contributed by atoms with E-state index in [1.165, 1.54) is 19.3 Å². The minimum Gasteiger partial charge on any atom is -0.496 e. The van der Waals surface area contributed by atoms with Crippen LogP contribution in [0.2, 0.25) is 0 Å². The number of piperidine rings is 1. The minimum absolute atomic E-state index is 0. The predicted molar refractivity (Wildman–Crippen MR) is 484 cm³/mol. The molecule has 0 spiro atoms. The first-order valence-electron chi connectivity index (χ1n) is 15.6. The molecule has 0 radical (unpaired) electrons. The lowest BCUT2D eigenvalue weighted by Gasteiger charge is -2.49. The average molecular weight is 892 g/mol. The molecule has 1 saturated heterocycles. The van der Waals surface area contributed by atoms with Gasteiger partial charge < -0.3 is 18.9 Å². The van der Waals surface area contributed by atoms with Gasteiger partial charge in [0.05, 0.1) is 18.6 Å². The fraction of sp³-hybridized carbons (Fsp3) is 0.459. The van der Waals surface area contributed by atoms with Crippen LogP contribution in [0.5, 0.6) is 28.7 Å². The zero-order valence-corrected chi connectivity index (χ0v) is 28.1. The number of hydrogen-bond acceptors (Lipinski definition) is 6. The van der Waals surface area contributed by atoms with Gasteiger partial charge in [0.1, 0.15) is 29.6 Å². The van der Waals surface area contributed by atoms with Crippen LogP contribution in [0.25, 0.3) is 20.5 Å². The molecular formula is C37H335NO4S. The van der Waals surface area contributed by atoms with Gasteiger partial charge in [-0.15, -0.1) is 11.3 Å². The standard InChI is InChI=1S/C37H47NO4S.144H2/c1-10-40-28-13-15-30(23(2)18-28)36-35(31-20-25(4)33(39-9)21-34(31)43-36)42-32-16-14-29(19-24(32)3)41-22-27(6)38-26(5)12-11-17-37(38,7)8;;;;;;;;;;;;;;;;;;;;;;;;;;;;;;;;;;;;;;;;;;;;;;;;;;;;;;;;;;;;;;;;;;;;;;;;;;;;;;;;;;;;;;;;;;;;;;;;;;;;;;;;;;;;;;;;;;;;;;;;;;;;;;;;;;;;;;;;;;;;;;;;/h13-16,18-21,26-27H,10-12,17,22H2,1-9H3;144*1H. The van der Waals surface area contributed by atoms with Crippen molar-refractivity contribution in [1.82, 2.24) is 4.90 Å². The minimum atomic E-state index is 0. The Balaban J connectivity index is -0.00000000111. The van der Waals surface area contributed by atoms with Gasteiger partial charge in [-0.3, -0.25) is 4.90 Å². The lowest BCUT2D eigenvalue weighted by Crippen LogP contribution is -2.57. The number of methoxy groups -OCH3 is 1. The van der Waals surface area contributed by atoms with Crippen molar-refractivity contribution in [3.05, 3.63) is 65.2 Å². The van der Waals surface area contributed by atoms with Gasteiger partial charge in [-0.2, -0.15) is 0 Å². The van der Waals surface area contributed by atoms with Crippen LogP contribution in [0.3, 0.4) is 0 Å². The molecule has 5 nitrogen and oxygen atoms in total. The third-order valence-electron chi connectivity index (χ3n) is 8.82. The summed E-state index contributed by atoms with van der Waals surface area (Å²) < 4.78 is 25.7. The van der Waals surface area contributed by atoms with Gasteiger partial charge in [-0.25, -0.2) is 0 Å². The first-order valence-corrected chi connectivity index (χ1v) is 16.4. The Bertz CT molecular complexity index is 1730. The van der Waals surface area contributed by atoms with E-state index in [0.29, 0.717) is 25.3 Å². The third kappa shape index (κ3) is 6.51. The predicted octanol–water partition coefficient (Wildman–Crippen LogP) is 45.5. The SMILES string of the molecule is CCOc1ccc(-c2sc3cc(OC)c(C)cc3c2Oc2ccc(OCC(C)N3C(C)CCCC3(C)C)cc2C)c(C)c1.[HH].[HH].[HH].[HH].[HH].[HH].[HH].[HH].[HH].[HH].[HH].[HH].[HH].[HH].[HH].[HH].[HH].[HH].[HH].[HH].[HH].[HH].[HH].[HH].[HH].[HH].[HH].[HH].[HH].[HH].[HH].[HH].[HH].[HH].[HH].[HH].[HH].[HH].[HH].[HH].[HH].[HH].[HH].[HH].[HH].[HH].[HH].[HH].[HH].[HH].[HH].[HH].[HH].[HH].[HH].[HH].[HH].[HH].[HH].[HH].[HH].[HH].[HH].[HH].[HH].[HH].[HH].[HH].[HH].[HH].[HH].[HH].[HH].[HH].[HH].[HH].[HH].[HH].[HH].[HH].[HH].[HH].[HH].[HH].[HH].[HH].[HH].[HH].[HH].[HH].[HH].[HH].[HH].[HH].[HH].[HH].[HH].[HH].[HH].[HH].[HH].[HH].[HH].[HH].[HH].[HH].[HH].[HH].[HH].[HH].[HH].[HH].[HH].[HH].[HH].[HH].[HH].[HH].[HH].[HH].[HH].[HH].[HH].[HH].[HH].[HH].[HH].[HH].[HH].[HH].[HH].[HH].[HH].[HH].[HH].[HH].[HH].[HH].[HH].[HH].[HH].[HH].[HH].[HH]. The van der Waals surface area contributed by atoms with Crippen molar-refractivity contribution < 1.29 is 224 Å². The quantitative estimate of drug-likeness (QED) is 0.159. The number of aryl methyl sites for hydroxylation is 3. The first kappa shape index (κ1) is 31.2. The summed E-state index contributed by atoms with van der Waals surface area (Å²) in [4.78, 5) is 3.74. The lowest BCUT2D eigenvalue weighted by molar-refractivity contribution is -0.0169. The van der Waals surface area contributed by atoms with E-state index in [4.69, 9.17) is 18.9 Å². The summed E-state index contributed by atoms with van der Waals surface area (Å²) in [5.74, 6) is 4.32.